The third-order valence-electron chi connectivity index (χ3n) is 2.58. The number of para-hydroxylation sites is 1. The fourth-order valence-corrected chi connectivity index (χ4v) is 1.75. The Labute approximate surface area is 104 Å². The molecule has 0 radical (unpaired) electrons. The van der Waals surface area contributed by atoms with Gasteiger partial charge < -0.3 is 9.84 Å². The molecule has 1 aromatic rings. The molecule has 1 aliphatic rings. The van der Waals surface area contributed by atoms with E-state index < -0.39 is 30.3 Å². The van der Waals surface area contributed by atoms with Gasteiger partial charge in [-0.1, -0.05) is 18.2 Å². The first kappa shape index (κ1) is 13.3. The fraction of sp³-hybridized carbons (Fsp3) is 0.273. The lowest BCUT2D eigenvalue weighted by atomic mass is 9.91. The van der Waals surface area contributed by atoms with E-state index in [1.807, 2.05) is 0 Å². The molecular weight excluding hydrogens is 269 g/mol. The molecule has 19 heavy (non-hydrogen) atoms. The normalized spacial score (nSPS) is 22.6. The van der Waals surface area contributed by atoms with Gasteiger partial charge in [0.05, 0.1) is 0 Å². The summed E-state index contributed by atoms with van der Waals surface area (Å²) in [4.78, 5) is 22.6. The van der Waals surface area contributed by atoms with Gasteiger partial charge in [-0.15, -0.1) is 13.2 Å². The maximum absolute atomic E-state index is 12.3. The molecule has 1 N–H and O–H groups in total. The third kappa shape index (κ3) is 2.39. The van der Waals surface area contributed by atoms with Crippen LogP contribution in [0, 0.1) is 0 Å². The number of aliphatic carboxylic acids is 1. The molecule has 1 aromatic carbocycles. The van der Waals surface area contributed by atoms with Gasteiger partial charge in [0.1, 0.15) is 5.75 Å². The summed E-state index contributed by atoms with van der Waals surface area (Å²) in [6.45, 7) is 0. The first-order chi connectivity index (χ1) is 8.74. The topological polar surface area (TPSA) is 72.8 Å². The molecule has 5 nitrogen and oxygen atoms in total. The Morgan fingerprint density at radius 3 is 2.58 bits per heavy atom. The van der Waals surface area contributed by atoms with Crippen LogP contribution in [0.3, 0.4) is 0 Å². The molecule has 0 fully saturated rings. The van der Waals surface area contributed by atoms with Gasteiger partial charge in [-0.2, -0.15) is 0 Å². The fourth-order valence-electron chi connectivity index (χ4n) is 1.75. The van der Waals surface area contributed by atoms with Crippen LogP contribution in [0.4, 0.5) is 13.2 Å². The van der Waals surface area contributed by atoms with Gasteiger partial charge in [0.25, 0.3) is 5.60 Å². The monoisotopic (exact) mass is 276 g/mol. The number of esters is 1. The van der Waals surface area contributed by atoms with E-state index in [1.54, 1.807) is 0 Å². The Hall–Kier alpha value is -2.09. The minimum absolute atomic E-state index is 0.0233. The van der Waals surface area contributed by atoms with E-state index in [4.69, 9.17) is 5.11 Å². The number of carbonyl (C=O) groups excluding carboxylic acids is 1. The number of alkyl halides is 3. The summed E-state index contributed by atoms with van der Waals surface area (Å²) in [5, 5.41) is 8.92. The molecule has 0 bridgehead atoms. The van der Waals surface area contributed by atoms with E-state index in [9.17, 15) is 22.8 Å². The van der Waals surface area contributed by atoms with Crippen molar-refractivity contribution in [3.05, 3.63) is 29.8 Å². The predicted octanol–water partition coefficient (Wildman–Crippen LogP) is 1.51. The third-order valence-corrected chi connectivity index (χ3v) is 2.58. The standard InChI is InChI=1S/C11H7F3O5/c12-11(13,14)19-10(8(15)16)5-6-3-1-2-4-7(6)18-9(10)17/h1-4H,5H2,(H,15,16). The van der Waals surface area contributed by atoms with E-state index in [1.165, 1.54) is 24.3 Å². The minimum Gasteiger partial charge on any atom is -0.479 e. The van der Waals surface area contributed by atoms with Crippen molar-refractivity contribution >= 4 is 11.9 Å². The Morgan fingerprint density at radius 2 is 2.00 bits per heavy atom. The number of halogens is 3. The Kier molecular flexibility index (Phi) is 2.97. The molecule has 102 valence electrons. The number of carboxylic acids is 1. The number of fused-ring (bicyclic) bond motifs is 1. The molecule has 0 saturated heterocycles. The minimum atomic E-state index is -5.27. The lowest BCUT2D eigenvalue weighted by molar-refractivity contribution is -0.358. The molecule has 2 rings (SSSR count). The number of hydrogen-bond donors (Lipinski definition) is 1. The van der Waals surface area contributed by atoms with Crippen LogP contribution in [-0.2, 0) is 20.7 Å². The molecule has 0 aromatic heterocycles. The highest BCUT2D eigenvalue weighted by Gasteiger charge is 2.58. The number of carbonyl (C=O) groups is 2. The molecule has 1 atom stereocenters. The molecule has 0 saturated carbocycles. The van der Waals surface area contributed by atoms with Crippen molar-refractivity contribution < 1.29 is 37.3 Å². The maximum Gasteiger partial charge on any atom is 0.524 e. The zero-order valence-corrected chi connectivity index (χ0v) is 9.23. The van der Waals surface area contributed by atoms with Crippen molar-refractivity contribution in [2.75, 3.05) is 0 Å². The highest BCUT2D eigenvalue weighted by molar-refractivity contribution is 6.05. The number of carboxylic acid groups (broad SMARTS) is 1. The number of benzene rings is 1. The largest absolute Gasteiger partial charge is 0.524 e. The van der Waals surface area contributed by atoms with Crippen LogP contribution in [0.15, 0.2) is 24.3 Å². The first-order valence-corrected chi connectivity index (χ1v) is 5.05. The van der Waals surface area contributed by atoms with Crippen LogP contribution >= 0.6 is 0 Å². The second kappa shape index (κ2) is 4.23. The lowest BCUT2D eigenvalue weighted by Crippen LogP contribution is -2.57. The lowest BCUT2D eigenvalue weighted by Gasteiger charge is -2.32. The summed E-state index contributed by atoms with van der Waals surface area (Å²) in [5.41, 5.74) is -2.96. The van der Waals surface area contributed by atoms with Crippen LogP contribution in [0.1, 0.15) is 5.56 Å². The van der Waals surface area contributed by atoms with Gasteiger partial charge in [0.15, 0.2) is 0 Å². The van der Waals surface area contributed by atoms with Gasteiger partial charge in [0.2, 0.25) is 0 Å². The Balaban J connectivity index is 2.46. The highest BCUT2D eigenvalue weighted by Crippen LogP contribution is 2.36. The summed E-state index contributed by atoms with van der Waals surface area (Å²) in [7, 11) is 0. The van der Waals surface area contributed by atoms with Crippen molar-refractivity contribution in [2.24, 2.45) is 0 Å². The van der Waals surface area contributed by atoms with E-state index >= 15 is 0 Å². The van der Waals surface area contributed by atoms with E-state index in [2.05, 4.69) is 9.47 Å². The van der Waals surface area contributed by atoms with Crippen LogP contribution in [0.25, 0.3) is 0 Å². The van der Waals surface area contributed by atoms with E-state index in [0.717, 1.165) is 0 Å². The van der Waals surface area contributed by atoms with Crippen LogP contribution < -0.4 is 4.74 Å². The van der Waals surface area contributed by atoms with Gasteiger partial charge in [-0.3, -0.25) is 4.74 Å². The van der Waals surface area contributed by atoms with Gasteiger partial charge in [0, 0.05) is 6.42 Å². The summed E-state index contributed by atoms with van der Waals surface area (Å²) in [5.74, 6) is -3.63. The summed E-state index contributed by atoms with van der Waals surface area (Å²) in [6.07, 6.45) is -6.03. The second-order valence-electron chi connectivity index (χ2n) is 3.85. The van der Waals surface area contributed by atoms with Crippen LogP contribution in [0.2, 0.25) is 0 Å². The average Bonchev–Trinajstić information content (AvgIpc) is 2.27. The summed E-state index contributed by atoms with van der Waals surface area (Å²) < 4.78 is 45.0. The zero-order chi connectivity index (χ0) is 14.3. The molecule has 0 aliphatic carbocycles. The van der Waals surface area contributed by atoms with E-state index in [0.29, 0.717) is 0 Å². The second-order valence-corrected chi connectivity index (χ2v) is 3.85. The summed E-state index contributed by atoms with van der Waals surface area (Å²) >= 11 is 0. The predicted molar refractivity (Wildman–Crippen MR) is 53.3 cm³/mol. The maximum atomic E-state index is 12.3. The van der Waals surface area contributed by atoms with Crippen molar-refractivity contribution in [1.29, 1.82) is 0 Å². The number of ether oxygens (including phenoxy) is 2. The van der Waals surface area contributed by atoms with Gasteiger partial charge >= 0.3 is 18.3 Å². The SMILES string of the molecule is O=C(O)C1(OC(F)(F)F)Cc2ccccc2OC1=O. The molecule has 8 heteroatoms. The Bertz CT molecular complexity index is 539. The molecule has 1 unspecified atom stereocenters. The highest BCUT2D eigenvalue weighted by atomic mass is 19.4. The van der Waals surface area contributed by atoms with E-state index in [-0.39, 0.29) is 11.3 Å². The number of hydrogen-bond acceptors (Lipinski definition) is 4. The zero-order valence-electron chi connectivity index (χ0n) is 9.23. The summed E-state index contributed by atoms with van der Waals surface area (Å²) in [6, 6.07) is 5.70. The van der Waals surface area contributed by atoms with Crippen molar-refractivity contribution in [3.63, 3.8) is 0 Å². The van der Waals surface area contributed by atoms with Crippen LogP contribution in [0.5, 0.6) is 5.75 Å². The molecular formula is C11H7F3O5. The van der Waals surface area contributed by atoms with Crippen LogP contribution in [-0.4, -0.2) is 29.0 Å². The smallest absolute Gasteiger partial charge is 0.479 e. The average molecular weight is 276 g/mol. The quantitative estimate of drug-likeness (QED) is 0.503. The van der Waals surface area contributed by atoms with Crippen molar-refractivity contribution in [2.45, 2.75) is 18.4 Å². The molecule has 0 spiro atoms. The molecule has 1 aliphatic heterocycles. The van der Waals surface area contributed by atoms with Gasteiger partial charge in [-0.25, -0.2) is 9.59 Å². The molecule has 0 amide bonds. The van der Waals surface area contributed by atoms with Gasteiger partial charge in [-0.05, 0) is 11.6 Å². The van der Waals surface area contributed by atoms with Crippen molar-refractivity contribution in [1.82, 2.24) is 0 Å². The Morgan fingerprint density at radius 1 is 1.37 bits per heavy atom. The first-order valence-electron chi connectivity index (χ1n) is 5.05. The van der Waals surface area contributed by atoms with Crippen molar-refractivity contribution in [3.8, 4) is 5.75 Å². The number of rotatable bonds is 2. The molecule has 1 heterocycles.